The van der Waals surface area contributed by atoms with Crippen LogP contribution in [0.3, 0.4) is 0 Å². The number of para-hydroxylation sites is 2. The number of benzene rings is 2. The number of methoxy groups -OCH3 is 1. The number of aryl methyl sites for hydroxylation is 2. The van der Waals surface area contributed by atoms with Crippen LogP contribution < -0.4 is 10.1 Å². The summed E-state index contributed by atoms with van der Waals surface area (Å²) in [5, 5.41) is 2.81. The molecule has 1 fully saturated rings. The van der Waals surface area contributed by atoms with Gasteiger partial charge in [0, 0.05) is 13.5 Å². The van der Waals surface area contributed by atoms with E-state index in [1.54, 1.807) is 26.3 Å². The molecule has 1 N–H and O–H groups in total. The maximum Gasteiger partial charge on any atom is 0.238 e. The third kappa shape index (κ3) is 4.36. The van der Waals surface area contributed by atoms with Crippen molar-refractivity contribution in [1.29, 1.82) is 0 Å². The lowest BCUT2D eigenvalue weighted by Gasteiger charge is -2.29. The Hall–Kier alpha value is -2.80. The zero-order valence-corrected chi connectivity index (χ0v) is 17.2. The third-order valence-corrected chi connectivity index (χ3v) is 5.88. The van der Waals surface area contributed by atoms with Gasteiger partial charge in [-0.15, -0.1) is 0 Å². The average Bonchev–Trinajstić information content (AvgIpc) is 2.68. The molecular weight excluding hydrogens is 374 g/mol. The first kappa shape index (κ1) is 19.9. The fourth-order valence-electron chi connectivity index (χ4n) is 2.76. The van der Waals surface area contributed by atoms with Crippen LogP contribution in [0.1, 0.15) is 17.5 Å². The fourth-order valence-corrected chi connectivity index (χ4v) is 3.83. The van der Waals surface area contributed by atoms with E-state index in [1.165, 1.54) is 22.2 Å². The fraction of sp³-hybridized carbons (Fsp3) is 0.286. The van der Waals surface area contributed by atoms with E-state index in [-0.39, 0.29) is 18.2 Å². The van der Waals surface area contributed by atoms with Gasteiger partial charge < -0.3 is 10.1 Å². The SMILES string of the molecule is COc1ccccc1NC(=O)C1CC(=O)N(C)C(=Nc2ccc(C)c(C)c2)S1. The number of amidine groups is 1. The van der Waals surface area contributed by atoms with Gasteiger partial charge in [-0.2, -0.15) is 0 Å². The van der Waals surface area contributed by atoms with E-state index in [4.69, 9.17) is 4.74 Å². The molecule has 1 heterocycles. The van der Waals surface area contributed by atoms with E-state index in [0.29, 0.717) is 16.6 Å². The van der Waals surface area contributed by atoms with Crippen LogP contribution in [0.15, 0.2) is 47.5 Å². The molecule has 0 saturated carbocycles. The molecule has 2 aromatic carbocycles. The van der Waals surface area contributed by atoms with Crippen molar-refractivity contribution >= 4 is 40.1 Å². The van der Waals surface area contributed by atoms with Crippen LogP contribution in [0.4, 0.5) is 11.4 Å². The molecular formula is C21H23N3O3S. The highest BCUT2D eigenvalue weighted by molar-refractivity contribution is 8.15. The maximum absolute atomic E-state index is 12.8. The van der Waals surface area contributed by atoms with Crippen molar-refractivity contribution in [3.8, 4) is 5.75 Å². The van der Waals surface area contributed by atoms with Gasteiger partial charge >= 0.3 is 0 Å². The normalized spacial score (nSPS) is 18.3. The number of thioether (sulfide) groups is 1. The Balaban J connectivity index is 1.81. The highest BCUT2D eigenvalue weighted by atomic mass is 32.2. The summed E-state index contributed by atoms with van der Waals surface area (Å²) in [5.41, 5.74) is 3.64. The zero-order chi connectivity index (χ0) is 20.3. The summed E-state index contributed by atoms with van der Waals surface area (Å²) in [6.45, 7) is 4.06. The molecule has 146 valence electrons. The summed E-state index contributed by atoms with van der Waals surface area (Å²) < 4.78 is 5.27. The number of nitrogens with one attached hydrogen (secondary N) is 1. The van der Waals surface area contributed by atoms with Crippen LogP contribution in [-0.2, 0) is 9.59 Å². The molecule has 0 bridgehead atoms. The Morgan fingerprint density at radius 3 is 2.68 bits per heavy atom. The molecule has 0 aromatic heterocycles. The first-order valence-electron chi connectivity index (χ1n) is 8.92. The van der Waals surface area contributed by atoms with Crippen molar-refractivity contribution in [3.05, 3.63) is 53.6 Å². The standard InChI is InChI=1S/C21H23N3O3S/c1-13-9-10-15(11-14(13)2)22-21-24(3)19(25)12-18(28-21)20(26)23-16-7-5-6-8-17(16)27-4/h5-11,18H,12H2,1-4H3,(H,23,26). The summed E-state index contributed by atoms with van der Waals surface area (Å²) in [5.74, 6) is 0.189. The quantitative estimate of drug-likeness (QED) is 0.849. The molecule has 1 atom stereocenters. The van der Waals surface area contributed by atoms with Gasteiger partial charge in [-0.1, -0.05) is 30.0 Å². The van der Waals surface area contributed by atoms with Crippen LogP contribution >= 0.6 is 11.8 Å². The smallest absolute Gasteiger partial charge is 0.238 e. The second kappa shape index (κ2) is 8.48. The molecule has 1 saturated heterocycles. The highest BCUT2D eigenvalue weighted by Gasteiger charge is 2.34. The van der Waals surface area contributed by atoms with Gasteiger partial charge in [-0.25, -0.2) is 4.99 Å². The molecule has 7 heteroatoms. The predicted octanol–water partition coefficient (Wildman–Crippen LogP) is 3.90. The number of rotatable bonds is 4. The highest BCUT2D eigenvalue weighted by Crippen LogP contribution is 2.31. The van der Waals surface area contributed by atoms with Crippen LogP contribution in [0.2, 0.25) is 0 Å². The van der Waals surface area contributed by atoms with E-state index in [0.717, 1.165) is 11.3 Å². The molecule has 28 heavy (non-hydrogen) atoms. The molecule has 0 aliphatic carbocycles. The number of nitrogens with zero attached hydrogens (tertiary/aromatic N) is 2. The monoisotopic (exact) mass is 397 g/mol. The van der Waals surface area contributed by atoms with Crippen molar-refractivity contribution in [1.82, 2.24) is 4.90 Å². The van der Waals surface area contributed by atoms with Crippen LogP contribution in [0, 0.1) is 13.8 Å². The lowest BCUT2D eigenvalue weighted by molar-refractivity contribution is -0.128. The molecule has 0 radical (unpaired) electrons. The van der Waals surface area contributed by atoms with E-state index >= 15 is 0 Å². The number of carbonyl (C=O) groups excluding carboxylic acids is 2. The Morgan fingerprint density at radius 1 is 1.21 bits per heavy atom. The predicted molar refractivity (Wildman–Crippen MR) is 113 cm³/mol. The van der Waals surface area contributed by atoms with E-state index in [9.17, 15) is 9.59 Å². The van der Waals surface area contributed by atoms with Gasteiger partial charge in [0.05, 0.1) is 18.5 Å². The number of carbonyl (C=O) groups is 2. The Bertz CT molecular complexity index is 942. The van der Waals surface area contributed by atoms with E-state index < -0.39 is 5.25 Å². The largest absolute Gasteiger partial charge is 0.495 e. The molecule has 6 nitrogen and oxygen atoms in total. The molecule has 2 aromatic rings. The minimum atomic E-state index is -0.557. The Kier molecular flexibility index (Phi) is 6.04. The summed E-state index contributed by atoms with van der Waals surface area (Å²) in [6, 6.07) is 13.1. The zero-order valence-electron chi connectivity index (χ0n) is 16.4. The molecule has 1 aliphatic rings. The molecule has 1 unspecified atom stereocenters. The van der Waals surface area contributed by atoms with Crippen LogP contribution in [-0.4, -0.2) is 41.3 Å². The van der Waals surface area contributed by atoms with Crippen LogP contribution in [0.5, 0.6) is 5.75 Å². The number of anilines is 1. The van der Waals surface area contributed by atoms with E-state index in [1.807, 2.05) is 44.2 Å². The number of ether oxygens (including phenoxy) is 1. The van der Waals surface area contributed by atoms with Crippen molar-refractivity contribution in [2.24, 2.45) is 4.99 Å². The van der Waals surface area contributed by atoms with Gasteiger partial charge in [-0.3, -0.25) is 14.5 Å². The molecule has 2 amide bonds. The molecule has 3 rings (SSSR count). The summed E-state index contributed by atoms with van der Waals surface area (Å²) in [4.78, 5) is 31.3. The van der Waals surface area contributed by atoms with Gasteiger partial charge in [0.25, 0.3) is 0 Å². The number of hydrogen-bond acceptors (Lipinski definition) is 5. The summed E-state index contributed by atoms with van der Waals surface area (Å²) in [6.07, 6.45) is 0.119. The summed E-state index contributed by atoms with van der Waals surface area (Å²) >= 11 is 1.29. The van der Waals surface area contributed by atoms with Gasteiger partial charge in [0.2, 0.25) is 11.8 Å². The topological polar surface area (TPSA) is 71.0 Å². The first-order chi connectivity index (χ1) is 13.4. The average molecular weight is 398 g/mol. The minimum absolute atomic E-state index is 0.119. The van der Waals surface area contributed by atoms with Gasteiger partial charge in [-0.05, 0) is 49.2 Å². The van der Waals surface area contributed by atoms with Gasteiger partial charge in [0.1, 0.15) is 11.0 Å². The Labute approximate surface area is 169 Å². The van der Waals surface area contributed by atoms with E-state index in [2.05, 4.69) is 10.3 Å². The minimum Gasteiger partial charge on any atom is -0.495 e. The molecule has 1 aliphatic heterocycles. The first-order valence-corrected chi connectivity index (χ1v) is 9.80. The maximum atomic E-state index is 12.8. The second-order valence-corrected chi connectivity index (χ2v) is 7.79. The van der Waals surface area contributed by atoms with Crippen LogP contribution in [0.25, 0.3) is 0 Å². The third-order valence-electron chi connectivity index (χ3n) is 4.64. The van der Waals surface area contributed by atoms with Gasteiger partial charge in [0.15, 0.2) is 5.17 Å². The second-order valence-electron chi connectivity index (χ2n) is 6.62. The number of amides is 2. The Morgan fingerprint density at radius 2 is 1.96 bits per heavy atom. The summed E-state index contributed by atoms with van der Waals surface area (Å²) in [7, 11) is 3.23. The number of aliphatic imine (C=N–C) groups is 1. The van der Waals surface area contributed by atoms with Crippen molar-refractivity contribution in [3.63, 3.8) is 0 Å². The number of hydrogen-bond donors (Lipinski definition) is 1. The molecule has 0 spiro atoms. The lowest BCUT2D eigenvalue weighted by atomic mass is 10.1. The van der Waals surface area contributed by atoms with Crippen molar-refractivity contribution in [2.75, 3.05) is 19.5 Å². The lowest BCUT2D eigenvalue weighted by Crippen LogP contribution is -2.43. The van der Waals surface area contributed by atoms with Crippen molar-refractivity contribution < 1.29 is 14.3 Å². The van der Waals surface area contributed by atoms with Crippen molar-refractivity contribution in [2.45, 2.75) is 25.5 Å².